The molecule has 0 aliphatic heterocycles. The van der Waals surface area contributed by atoms with Crippen LogP contribution in [-0.4, -0.2) is 16.6 Å². The van der Waals surface area contributed by atoms with E-state index < -0.39 is 0 Å². The second-order valence-corrected chi connectivity index (χ2v) is 4.76. The van der Waals surface area contributed by atoms with E-state index in [1.807, 2.05) is 49.5 Å². The van der Waals surface area contributed by atoms with Crippen LogP contribution in [0.2, 0.25) is 5.02 Å². The Morgan fingerprint density at radius 1 is 1.11 bits per heavy atom. The molecule has 0 aliphatic rings. The minimum absolute atomic E-state index is 0.705. The molecule has 4 heteroatoms. The molecule has 3 nitrogen and oxygen atoms in total. The SMILES string of the molecule is CNc1nc2ccccc2n1Cc1ccccc1Cl. The molecule has 1 aromatic heterocycles. The summed E-state index contributed by atoms with van der Waals surface area (Å²) in [5, 5.41) is 3.91. The summed E-state index contributed by atoms with van der Waals surface area (Å²) in [4.78, 5) is 4.57. The fraction of sp³-hybridized carbons (Fsp3) is 0.133. The predicted octanol–water partition coefficient (Wildman–Crippen LogP) is 3.78. The van der Waals surface area contributed by atoms with E-state index >= 15 is 0 Å². The van der Waals surface area contributed by atoms with Crippen LogP contribution in [0.25, 0.3) is 11.0 Å². The van der Waals surface area contributed by atoms with Crippen molar-refractivity contribution < 1.29 is 0 Å². The monoisotopic (exact) mass is 271 g/mol. The fourth-order valence-electron chi connectivity index (χ4n) is 2.22. The second kappa shape index (κ2) is 4.94. The maximum atomic E-state index is 6.23. The summed E-state index contributed by atoms with van der Waals surface area (Å²) in [6, 6.07) is 16.0. The van der Waals surface area contributed by atoms with Gasteiger partial charge in [-0.15, -0.1) is 0 Å². The molecule has 0 fully saturated rings. The smallest absolute Gasteiger partial charge is 0.203 e. The third kappa shape index (κ3) is 2.17. The standard InChI is InChI=1S/C15H14ClN3/c1-17-15-18-13-8-4-5-9-14(13)19(15)10-11-6-2-3-7-12(11)16/h2-9H,10H2,1H3,(H,17,18). The van der Waals surface area contributed by atoms with Crippen molar-refractivity contribution in [2.75, 3.05) is 12.4 Å². The van der Waals surface area contributed by atoms with Gasteiger partial charge in [0.05, 0.1) is 17.6 Å². The van der Waals surface area contributed by atoms with E-state index in [-0.39, 0.29) is 0 Å². The Balaban J connectivity index is 2.12. The summed E-state index contributed by atoms with van der Waals surface area (Å²) < 4.78 is 2.14. The van der Waals surface area contributed by atoms with Crippen molar-refractivity contribution in [3.63, 3.8) is 0 Å². The molecule has 0 unspecified atom stereocenters. The number of imidazole rings is 1. The lowest BCUT2D eigenvalue weighted by atomic mass is 10.2. The molecule has 2 aromatic carbocycles. The molecule has 1 heterocycles. The lowest BCUT2D eigenvalue weighted by molar-refractivity contribution is 0.832. The normalized spacial score (nSPS) is 10.8. The first-order chi connectivity index (χ1) is 9.29. The number of anilines is 1. The van der Waals surface area contributed by atoms with Crippen molar-refractivity contribution in [3.05, 3.63) is 59.1 Å². The van der Waals surface area contributed by atoms with Crippen LogP contribution < -0.4 is 5.32 Å². The molecule has 3 rings (SSSR count). The Bertz CT molecular complexity index is 718. The topological polar surface area (TPSA) is 29.9 Å². The van der Waals surface area contributed by atoms with Crippen LogP contribution in [0, 0.1) is 0 Å². The van der Waals surface area contributed by atoms with Crippen LogP contribution in [0.15, 0.2) is 48.5 Å². The highest BCUT2D eigenvalue weighted by Crippen LogP contribution is 2.23. The van der Waals surface area contributed by atoms with E-state index in [0.717, 1.165) is 27.6 Å². The van der Waals surface area contributed by atoms with Gasteiger partial charge in [0.25, 0.3) is 0 Å². The van der Waals surface area contributed by atoms with Gasteiger partial charge in [0.1, 0.15) is 0 Å². The molecule has 0 amide bonds. The summed E-state index contributed by atoms with van der Waals surface area (Å²) in [7, 11) is 1.88. The molecule has 3 aromatic rings. The van der Waals surface area contributed by atoms with Crippen molar-refractivity contribution in [1.82, 2.24) is 9.55 Å². The minimum atomic E-state index is 0.705. The number of benzene rings is 2. The van der Waals surface area contributed by atoms with Crippen molar-refractivity contribution in [1.29, 1.82) is 0 Å². The third-order valence-corrected chi connectivity index (χ3v) is 3.53. The highest BCUT2D eigenvalue weighted by atomic mass is 35.5. The third-order valence-electron chi connectivity index (χ3n) is 3.16. The van der Waals surface area contributed by atoms with Gasteiger partial charge in [0.2, 0.25) is 5.95 Å². The van der Waals surface area contributed by atoms with E-state index in [4.69, 9.17) is 11.6 Å². The largest absolute Gasteiger partial charge is 0.359 e. The van der Waals surface area contributed by atoms with E-state index in [0.29, 0.717) is 6.54 Å². The fourth-order valence-corrected chi connectivity index (χ4v) is 2.42. The van der Waals surface area contributed by atoms with Gasteiger partial charge < -0.3 is 9.88 Å². The van der Waals surface area contributed by atoms with Crippen molar-refractivity contribution in [2.45, 2.75) is 6.54 Å². The van der Waals surface area contributed by atoms with Crippen molar-refractivity contribution in [3.8, 4) is 0 Å². The number of para-hydroxylation sites is 2. The molecule has 0 atom stereocenters. The summed E-state index contributed by atoms with van der Waals surface area (Å²) in [6.45, 7) is 0.705. The predicted molar refractivity (Wildman–Crippen MR) is 79.8 cm³/mol. The first-order valence-electron chi connectivity index (χ1n) is 6.16. The Morgan fingerprint density at radius 2 is 1.84 bits per heavy atom. The first kappa shape index (κ1) is 12.1. The van der Waals surface area contributed by atoms with Crippen molar-refractivity contribution >= 4 is 28.6 Å². The average Bonchev–Trinajstić information content (AvgIpc) is 2.79. The average molecular weight is 272 g/mol. The number of aromatic nitrogens is 2. The Labute approximate surface area is 116 Å². The van der Waals surface area contributed by atoms with Crippen molar-refractivity contribution in [2.24, 2.45) is 0 Å². The van der Waals surface area contributed by atoms with Gasteiger partial charge in [0, 0.05) is 12.1 Å². The number of hydrogen-bond acceptors (Lipinski definition) is 2. The molecular formula is C15H14ClN3. The van der Waals surface area contributed by atoms with Gasteiger partial charge in [-0.2, -0.15) is 0 Å². The van der Waals surface area contributed by atoms with Gasteiger partial charge in [0.15, 0.2) is 0 Å². The summed E-state index contributed by atoms with van der Waals surface area (Å²) in [6.07, 6.45) is 0. The Morgan fingerprint density at radius 3 is 2.63 bits per heavy atom. The number of nitrogens with zero attached hydrogens (tertiary/aromatic N) is 2. The molecular weight excluding hydrogens is 258 g/mol. The minimum Gasteiger partial charge on any atom is -0.359 e. The second-order valence-electron chi connectivity index (χ2n) is 4.35. The van der Waals surface area contributed by atoms with Gasteiger partial charge in [-0.3, -0.25) is 0 Å². The highest BCUT2D eigenvalue weighted by Gasteiger charge is 2.10. The first-order valence-corrected chi connectivity index (χ1v) is 6.54. The maximum Gasteiger partial charge on any atom is 0.203 e. The number of fused-ring (bicyclic) bond motifs is 1. The lowest BCUT2D eigenvalue weighted by Crippen LogP contribution is -2.05. The zero-order valence-electron chi connectivity index (χ0n) is 10.6. The maximum absolute atomic E-state index is 6.23. The summed E-state index contributed by atoms with van der Waals surface area (Å²) >= 11 is 6.23. The van der Waals surface area contributed by atoms with Crippen LogP contribution in [0.3, 0.4) is 0 Å². The highest BCUT2D eigenvalue weighted by molar-refractivity contribution is 6.31. The van der Waals surface area contributed by atoms with Gasteiger partial charge >= 0.3 is 0 Å². The quantitative estimate of drug-likeness (QED) is 0.786. The zero-order valence-corrected chi connectivity index (χ0v) is 11.4. The van der Waals surface area contributed by atoms with Gasteiger partial charge in [-0.05, 0) is 23.8 Å². The zero-order chi connectivity index (χ0) is 13.2. The summed E-state index contributed by atoms with van der Waals surface area (Å²) in [5.74, 6) is 0.848. The van der Waals surface area contributed by atoms with Crippen LogP contribution in [-0.2, 0) is 6.54 Å². The molecule has 0 aliphatic carbocycles. The van der Waals surface area contributed by atoms with E-state index in [9.17, 15) is 0 Å². The lowest BCUT2D eigenvalue weighted by Gasteiger charge is -2.10. The number of hydrogen-bond donors (Lipinski definition) is 1. The molecule has 19 heavy (non-hydrogen) atoms. The molecule has 0 saturated carbocycles. The van der Waals surface area contributed by atoms with Gasteiger partial charge in [-0.25, -0.2) is 4.98 Å². The van der Waals surface area contributed by atoms with Crippen LogP contribution in [0.1, 0.15) is 5.56 Å². The van der Waals surface area contributed by atoms with E-state index in [1.165, 1.54) is 0 Å². The summed E-state index contributed by atoms with van der Waals surface area (Å²) in [5.41, 5.74) is 3.18. The molecule has 0 saturated heterocycles. The molecule has 0 radical (unpaired) electrons. The Kier molecular flexibility index (Phi) is 3.13. The Hall–Kier alpha value is -2.00. The molecule has 0 spiro atoms. The van der Waals surface area contributed by atoms with Crippen LogP contribution in [0.5, 0.6) is 0 Å². The van der Waals surface area contributed by atoms with Gasteiger partial charge in [-0.1, -0.05) is 41.9 Å². The van der Waals surface area contributed by atoms with E-state index in [2.05, 4.69) is 20.9 Å². The number of nitrogens with one attached hydrogen (secondary N) is 1. The number of halogens is 1. The van der Waals surface area contributed by atoms with Crippen LogP contribution >= 0.6 is 11.6 Å². The molecule has 96 valence electrons. The molecule has 0 bridgehead atoms. The van der Waals surface area contributed by atoms with Crippen LogP contribution in [0.4, 0.5) is 5.95 Å². The number of rotatable bonds is 3. The van der Waals surface area contributed by atoms with E-state index in [1.54, 1.807) is 0 Å². The molecule has 1 N–H and O–H groups in total.